The molecule has 3 aromatic carbocycles. The fourth-order valence-electron chi connectivity index (χ4n) is 5.39. The number of amides is 1. The third-order valence-electron chi connectivity index (χ3n) is 7.37. The molecule has 41 heavy (non-hydrogen) atoms. The van der Waals surface area contributed by atoms with Crippen LogP contribution in [0.3, 0.4) is 0 Å². The molecular formula is C34H29N3O4. The lowest BCUT2D eigenvalue weighted by atomic mass is 9.96. The molecule has 1 amide bonds. The summed E-state index contributed by atoms with van der Waals surface area (Å²) in [6, 6.07) is 31.7. The summed E-state index contributed by atoms with van der Waals surface area (Å²) in [7, 11) is 0. The Hall–Kier alpha value is -5.17. The average molecular weight is 544 g/mol. The zero-order chi connectivity index (χ0) is 28.3. The lowest BCUT2D eigenvalue weighted by molar-refractivity contribution is -0.139. The molecule has 1 aliphatic rings. The summed E-state index contributed by atoms with van der Waals surface area (Å²) < 4.78 is 7.81. The summed E-state index contributed by atoms with van der Waals surface area (Å²) in [6.45, 7) is 2.46. The van der Waals surface area contributed by atoms with Crippen LogP contribution in [0.25, 0.3) is 11.4 Å². The lowest BCUT2D eigenvalue weighted by Crippen LogP contribution is -2.31. The Kier molecular flexibility index (Phi) is 7.08. The van der Waals surface area contributed by atoms with Gasteiger partial charge in [0.1, 0.15) is 23.7 Å². The van der Waals surface area contributed by atoms with E-state index < -0.39 is 17.7 Å². The quantitative estimate of drug-likeness (QED) is 0.150. The van der Waals surface area contributed by atoms with Gasteiger partial charge in [-0.2, -0.15) is 0 Å². The lowest BCUT2D eigenvalue weighted by Gasteiger charge is -2.26. The Balaban J connectivity index is 1.43. The largest absolute Gasteiger partial charge is 0.505 e. The Morgan fingerprint density at radius 2 is 1.59 bits per heavy atom. The second kappa shape index (κ2) is 11.1. The highest BCUT2D eigenvalue weighted by Crippen LogP contribution is 2.41. The zero-order valence-corrected chi connectivity index (χ0v) is 22.6. The van der Waals surface area contributed by atoms with Gasteiger partial charge in [-0.1, -0.05) is 78.9 Å². The van der Waals surface area contributed by atoms with Gasteiger partial charge >= 0.3 is 0 Å². The van der Waals surface area contributed by atoms with Crippen molar-refractivity contribution in [2.24, 2.45) is 0 Å². The number of fused-ring (bicyclic) bond motifs is 1. The Bertz CT molecular complexity index is 1760. The maximum atomic E-state index is 13.6. The number of aliphatic hydroxyl groups is 1. The van der Waals surface area contributed by atoms with Crippen LogP contribution in [0.5, 0.6) is 5.75 Å². The number of likely N-dealkylation sites (tertiary alicyclic amines) is 1. The predicted molar refractivity (Wildman–Crippen MR) is 156 cm³/mol. The molecule has 0 radical (unpaired) electrons. The summed E-state index contributed by atoms with van der Waals surface area (Å²) in [5, 5.41) is 11.7. The van der Waals surface area contributed by atoms with E-state index in [0.29, 0.717) is 47.9 Å². The topological polar surface area (TPSA) is 84.1 Å². The van der Waals surface area contributed by atoms with Crippen molar-refractivity contribution in [1.29, 1.82) is 0 Å². The van der Waals surface area contributed by atoms with Crippen molar-refractivity contribution in [3.05, 3.63) is 143 Å². The number of hydrogen-bond acceptors (Lipinski definition) is 5. The molecule has 0 saturated carbocycles. The van der Waals surface area contributed by atoms with Crippen molar-refractivity contribution in [3.8, 4) is 5.75 Å². The van der Waals surface area contributed by atoms with Crippen LogP contribution in [0.15, 0.2) is 115 Å². The first kappa shape index (κ1) is 26.1. The number of Topliss-reactive ketones (excluding diaryl/α,β-unsaturated/α-hetero) is 1. The SMILES string of the molecule is Cc1nc2ccccn2c1/C(O)=C1\C(=O)C(=O)N(CCc2ccccc2)C1c1cccc(OCc2ccccc2)c1. The molecule has 1 fully saturated rings. The number of benzene rings is 3. The molecule has 7 nitrogen and oxygen atoms in total. The van der Waals surface area contributed by atoms with Crippen LogP contribution in [0.2, 0.25) is 0 Å². The van der Waals surface area contributed by atoms with Gasteiger partial charge in [0, 0.05) is 12.7 Å². The summed E-state index contributed by atoms with van der Waals surface area (Å²) in [5.41, 5.74) is 4.37. The van der Waals surface area contributed by atoms with Crippen molar-refractivity contribution in [3.63, 3.8) is 0 Å². The molecule has 0 spiro atoms. The second-order valence-corrected chi connectivity index (χ2v) is 10.0. The summed E-state index contributed by atoms with van der Waals surface area (Å²) in [5.74, 6) is -1.01. The molecule has 1 saturated heterocycles. The van der Waals surface area contributed by atoms with Gasteiger partial charge in [0.15, 0.2) is 5.76 Å². The minimum Gasteiger partial charge on any atom is -0.505 e. The summed E-state index contributed by atoms with van der Waals surface area (Å²) in [4.78, 5) is 33.2. The van der Waals surface area contributed by atoms with Gasteiger partial charge in [0.05, 0.1) is 17.3 Å². The van der Waals surface area contributed by atoms with Crippen LogP contribution in [-0.2, 0) is 22.6 Å². The Morgan fingerprint density at radius 1 is 0.878 bits per heavy atom. The molecule has 6 rings (SSSR count). The number of ether oxygens (including phenoxy) is 1. The minimum absolute atomic E-state index is 0.0389. The molecule has 2 aromatic heterocycles. The number of imidazole rings is 1. The molecule has 0 bridgehead atoms. The molecular weight excluding hydrogens is 514 g/mol. The monoisotopic (exact) mass is 543 g/mol. The zero-order valence-electron chi connectivity index (χ0n) is 22.6. The van der Waals surface area contributed by atoms with Crippen molar-refractivity contribution < 1.29 is 19.4 Å². The van der Waals surface area contributed by atoms with Crippen LogP contribution in [0.4, 0.5) is 0 Å². The number of pyridine rings is 1. The van der Waals surface area contributed by atoms with Crippen molar-refractivity contribution >= 4 is 23.1 Å². The van der Waals surface area contributed by atoms with Crippen LogP contribution >= 0.6 is 0 Å². The van der Waals surface area contributed by atoms with Gasteiger partial charge in [-0.05, 0) is 54.3 Å². The third-order valence-corrected chi connectivity index (χ3v) is 7.37. The van der Waals surface area contributed by atoms with E-state index >= 15 is 0 Å². The first-order valence-corrected chi connectivity index (χ1v) is 13.5. The Labute approximate surface area is 238 Å². The maximum absolute atomic E-state index is 13.6. The normalized spacial score (nSPS) is 16.4. The number of aliphatic hydroxyl groups excluding tert-OH is 1. The highest BCUT2D eigenvalue weighted by Gasteiger charge is 2.46. The third kappa shape index (κ3) is 5.10. The maximum Gasteiger partial charge on any atom is 0.295 e. The van der Waals surface area contributed by atoms with Crippen LogP contribution in [0.1, 0.15) is 34.1 Å². The van der Waals surface area contributed by atoms with Gasteiger partial charge in [-0.15, -0.1) is 0 Å². The number of hydrogen-bond donors (Lipinski definition) is 1. The minimum atomic E-state index is -0.798. The molecule has 7 heteroatoms. The molecule has 1 unspecified atom stereocenters. The molecule has 3 heterocycles. The van der Waals surface area contributed by atoms with E-state index in [4.69, 9.17) is 4.74 Å². The fraction of sp³-hybridized carbons (Fsp3) is 0.147. The van der Waals surface area contributed by atoms with E-state index in [-0.39, 0.29) is 11.3 Å². The highest BCUT2D eigenvalue weighted by molar-refractivity contribution is 6.46. The average Bonchev–Trinajstić information content (AvgIpc) is 3.48. The highest BCUT2D eigenvalue weighted by atomic mass is 16.5. The fourth-order valence-corrected chi connectivity index (χ4v) is 5.39. The van der Waals surface area contributed by atoms with E-state index in [1.807, 2.05) is 103 Å². The smallest absolute Gasteiger partial charge is 0.295 e. The molecule has 5 aromatic rings. The van der Waals surface area contributed by atoms with E-state index in [9.17, 15) is 14.7 Å². The number of aryl methyl sites for hydroxylation is 1. The first-order chi connectivity index (χ1) is 20.0. The van der Waals surface area contributed by atoms with Crippen molar-refractivity contribution in [2.75, 3.05) is 6.54 Å². The van der Waals surface area contributed by atoms with Gasteiger partial charge < -0.3 is 14.7 Å². The second-order valence-electron chi connectivity index (χ2n) is 10.0. The number of ketones is 1. The predicted octanol–water partition coefficient (Wildman–Crippen LogP) is 5.89. The van der Waals surface area contributed by atoms with Gasteiger partial charge in [0.25, 0.3) is 11.7 Å². The molecule has 1 N–H and O–H groups in total. The van der Waals surface area contributed by atoms with Gasteiger partial charge in [0.2, 0.25) is 0 Å². The number of carbonyl (C=O) groups is 2. The first-order valence-electron chi connectivity index (χ1n) is 13.5. The summed E-state index contributed by atoms with van der Waals surface area (Å²) in [6.07, 6.45) is 2.34. The van der Waals surface area contributed by atoms with E-state index in [0.717, 1.165) is 11.1 Å². The van der Waals surface area contributed by atoms with Gasteiger partial charge in [-0.25, -0.2) is 4.98 Å². The standard InChI is InChI=1S/C34H29N3O4/c1-23-30(36-19-9-8-17-28(36)35-23)32(38)29-31(37(34(40)33(29)39)20-18-24-11-4-2-5-12-24)26-15-10-16-27(21-26)41-22-25-13-6-3-7-14-25/h2-17,19,21,31,38H,18,20,22H2,1H3/b32-29+. The number of rotatable bonds is 8. The molecule has 204 valence electrons. The van der Waals surface area contributed by atoms with E-state index in [1.54, 1.807) is 22.4 Å². The molecule has 1 aliphatic heterocycles. The number of aromatic nitrogens is 2. The van der Waals surface area contributed by atoms with E-state index in [1.165, 1.54) is 0 Å². The number of nitrogens with zero attached hydrogens (tertiary/aromatic N) is 3. The van der Waals surface area contributed by atoms with Gasteiger partial charge in [-0.3, -0.25) is 14.0 Å². The van der Waals surface area contributed by atoms with E-state index in [2.05, 4.69) is 4.98 Å². The van der Waals surface area contributed by atoms with Crippen LogP contribution in [0, 0.1) is 6.92 Å². The Morgan fingerprint density at radius 3 is 2.34 bits per heavy atom. The molecule has 1 atom stereocenters. The number of carbonyl (C=O) groups excluding carboxylic acids is 2. The summed E-state index contributed by atoms with van der Waals surface area (Å²) >= 11 is 0. The molecule has 0 aliphatic carbocycles. The van der Waals surface area contributed by atoms with Crippen molar-refractivity contribution in [2.45, 2.75) is 26.0 Å². The van der Waals surface area contributed by atoms with Crippen LogP contribution < -0.4 is 4.74 Å². The van der Waals surface area contributed by atoms with Crippen LogP contribution in [-0.4, -0.2) is 37.6 Å². The van der Waals surface area contributed by atoms with Crippen molar-refractivity contribution in [1.82, 2.24) is 14.3 Å².